The van der Waals surface area contributed by atoms with Gasteiger partial charge in [-0.2, -0.15) is 0 Å². The Hall–Kier alpha value is -2.16. The summed E-state index contributed by atoms with van der Waals surface area (Å²) in [5.41, 5.74) is 8.92. The summed E-state index contributed by atoms with van der Waals surface area (Å²) in [6, 6.07) is 16.2. The lowest BCUT2D eigenvalue weighted by Crippen LogP contribution is -2.11. The minimum Gasteiger partial charge on any atom is -0.495 e. The predicted octanol–water partition coefficient (Wildman–Crippen LogP) is 3.49. The molecule has 0 saturated heterocycles. The predicted molar refractivity (Wildman–Crippen MR) is 80.8 cm³/mol. The molecule has 0 amide bonds. The van der Waals surface area contributed by atoms with Crippen LogP contribution >= 0.6 is 0 Å². The molecule has 2 aromatic carbocycles. The van der Waals surface area contributed by atoms with Crippen molar-refractivity contribution in [2.75, 3.05) is 24.7 Å². The Morgan fingerprint density at radius 1 is 1.11 bits per heavy atom. The van der Waals surface area contributed by atoms with Gasteiger partial charge in [0.2, 0.25) is 0 Å². The minimum absolute atomic E-state index is 0.423. The molecule has 0 bridgehead atoms. The van der Waals surface area contributed by atoms with Crippen LogP contribution in [0, 0.1) is 0 Å². The summed E-state index contributed by atoms with van der Waals surface area (Å²) < 4.78 is 5.21. The van der Waals surface area contributed by atoms with E-state index in [1.807, 2.05) is 24.3 Å². The Bertz CT molecular complexity index is 526. The molecular formula is C16H20N2O. The maximum Gasteiger partial charge on any atom is 0.143 e. The molecule has 0 heterocycles. The largest absolute Gasteiger partial charge is 0.495 e. The van der Waals surface area contributed by atoms with Gasteiger partial charge in [-0.3, -0.25) is 0 Å². The molecule has 0 spiro atoms. The number of hydrogen-bond donors (Lipinski definition) is 2. The van der Waals surface area contributed by atoms with E-state index < -0.39 is 0 Å². The Labute approximate surface area is 114 Å². The smallest absolute Gasteiger partial charge is 0.143 e. The third kappa shape index (κ3) is 3.19. The van der Waals surface area contributed by atoms with Crippen LogP contribution in [0.1, 0.15) is 18.4 Å². The molecule has 0 aromatic heterocycles. The van der Waals surface area contributed by atoms with Crippen molar-refractivity contribution in [1.82, 2.24) is 0 Å². The number of anilines is 2. The lowest BCUT2D eigenvalue weighted by atomic mass is 10.0. The van der Waals surface area contributed by atoms with E-state index in [2.05, 4.69) is 36.5 Å². The zero-order valence-electron chi connectivity index (χ0n) is 11.4. The molecule has 2 rings (SSSR count). The Morgan fingerprint density at radius 3 is 2.53 bits per heavy atom. The normalized spacial score (nSPS) is 11.9. The first-order valence-electron chi connectivity index (χ1n) is 6.43. The van der Waals surface area contributed by atoms with E-state index in [0.717, 1.165) is 12.2 Å². The van der Waals surface area contributed by atoms with E-state index in [9.17, 15) is 0 Å². The van der Waals surface area contributed by atoms with E-state index in [-0.39, 0.29) is 0 Å². The minimum atomic E-state index is 0.423. The van der Waals surface area contributed by atoms with E-state index in [4.69, 9.17) is 10.5 Å². The van der Waals surface area contributed by atoms with Gasteiger partial charge < -0.3 is 15.8 Å². The molecule has 19 heavy (non-hydrogen) atoms. The summed E-state index contributed by atoms with van der Waals surface area (Å²) in [6.45, 7) is 3.03. The highest BCUT2D eigenvalue weighted by Crippen LogP contribution is 2.29. The van der Waals surface area contributed by atoms with Gasteiger partial charge in [0, 0.05) is 6.54 Å². The number of ether oxygens (including phenoxy) is 1. The summed E-state index contributed by atoms with van der Waals surface area (Å²) in [6.07, 6.45) is 0. The number of nitrogens with one attached hydrogen (secondary N) is 1. The highest BCUT2D eigenvalue weighted by atomic mass is 16.5. The Balaban J connectivity index is 2.03. The van der Waals surface area contributed by atoms with E-state index in [1.165, 1.54) is 5.56 Å². The second-order valence-electron chi connectivity index (χ2n) is 4.61. The van der Waals surface area contributed by atoms with Crippen molar-refractivity contribution < 1.29 is 4.74 Å². The molecule has 2 aromatic rings. The van der Waals surface area contributed by atoms with E-state index in [1.54, 1.807) is 7.11 Å². The topological polar surface area (TPSA) is 47.3 Å². The van der Waals surface area contributed by atoms with Gasteiger partial charge in [0.15, 0.2) is 0 Å². The van der Waals surface area contributed by atoms with E-state index >= 15 is 0 Å². The molecule has 0 fully saturated rings. The fraction of sp³-hybridized carbons (Fsp3) is 0.250. The van der Waals surface area contributed by atoms with Crippen LogP contribution in [-0.4, -0.2) is 13.7 Å². The lowest BCUT2D eigenvalue weighted by Gasteiger charge is -2.16. The molecule has 0 aliphatic carbocycles. The van der Waals surface area contributed by atoms with Gasteiger partial charge in [0.05, 0.1) is 18.5 Å². The van der Waals surface area contributed by atoms with Gasteiger partial charge in [-0.15, -0.1) is 0 Å². The molecule has 1 atom stereocenters. The van der Waals surface area contributed by atoms with Crippen molar-refractivity contribution in [1.29, 1.82) is 0 Å². The van der Waals surface area contributed by atoms with Crippen LogP contribution < -0.4 is 15.8 Å². The van der Waals surface area contributed by atoms with Gasteiger partial charge in [0.1, 0.15) is 5.75 Å². The first-order valence-corrected chi connectivity index (χ1v) is 6.43. The number of para-hydroxylation sites is 1. The first kappa shape index (κ1) is 13.3. The van der Waals surface area contributed by atoms with Crippen molar-refractivity contribution >= 4 is 11.4 Å². The third-order valence-electron chi connectivity index (χ3n) is 3.25. The van der Waals surface area contributed by atoms with Crippen LogP contribution in [0.15, 0.2) is 48.5 Å². The second-order valence-corrected chi connectivity index (χ2v) is 4.61. The average molecular weight is 256 g/mol. The number of rotatable bonds is 5. The van der Waals surface area contributed by atoms with Gasteiger partial charge in [-0.25, -0.2) is 0 Å². The van der Waals surface area contributed by atoms with Crippen LogP contribution in [0.25, 0.3) is 0 Å². The molecule has 1 unspecified atom stereocenters. The average Bonchev–Trinajstić information content (AvgIpc) is 2.47. The second kappa shape index (κ2) is 6.14. The molecule has 3 N–H and O–H groups in total. The van der Waals surface area contributed by atoms with Gasteiger partial charge in [-0.1, -0.05) is 43.3 Å². The summed E-state index contributed by atoms with van der Waals surface area (Å²) in [7, 11) is 1.63. The van der Waals surface area contributed by atoms with Gasteiger partial charge in [0.25, 0.3) is 0 Å². The Kier molecular flexibility index (Phi) is 4.29. The van der Waals surface area contributed by atoms with Crippen LogP contribution in [-0.2, 0) is 0 Å². The van der Waals surface area contributed by atoms with Gasteiger partial charge >= 0.3 is 0 Å². The standard InChI is InChI=1S/C16H20N2O/c1-12(13-7-4-3-5-8-13)11-18-14-9-6-10-15(19-2)16(14)17/h3-10,12,18H,11,17H2,1-2H3. The van der Waals surface area contributed by atoms with Crippen LogP contribution in [0.3, 0.4) is 0 Å². The Morgan fingerprint density at radius 2 is 1.84 bits per heavy atom. The molecule has 0 aliphatic heterocycles. The molecule has 0 saturated carbocycles. The molecule has 3 heteroatoms. The van der Waals surface area contributed by atoms with Crippen LogP contribution in [0.5, 0.6) is 5.75 Å². The maximum absolute atomic E-state index is 6.03. The quantitative estimate of drug-likeness (QED) is 0.805. The lowest BCUT2D eigenvalue weighted by molar-refractivity contribution is 0.417. The zero-order valence-corrected chi connectivity index (χ0v) is 11.4. The SMILES string of the molecule is COc1cccc(NCC(C)c2ccccc2)c1N. The van der Waals surface area contributed by atoms with E-state index in [0.29, 0.717) is 17.4 Å². The third-order valence-corrected chi connectivity index (χ3v) is 3.25. The number of benzene rings is 2. The molecule has 0 radical (unpaired) electrons. The monoisotopic (exact) mass is 256 g/mol. The highest BCUT2D eigenvalue weighted by Gasteiger charge is 2.08. The fourth-order valence-electron chi connectivity index (χ4n) is 2.04. The number of hydrogen-bond acceptors (Lipinski definition) is 3. The van der Waals surface area contributed by atoms with Crippen LogP contribution in [0.2, 0.25) is 0 Å². The van der Waals surface area contributed by atoms with Crippen molar-refractivity contribution in [3.05, 3.63) is 54.1 Å². The maximum atomic E-state index is 6.03. The molecule has 3 nitrogen and oxygen atoms in total. The zero-order chi connectivity index (χ0) is 13.7. The number of nitrogen functional groups attached to an aromatic ring is 1. The van der Waals surface area contributed by atoms with Crippen molar-refractivity contribution in [3.63, 3.8) is 0 Å². The van der Waals surface area contributed by atoms with Crippen molar-refractivity contribution in [3.8, 4) is 5.75 Å². The summed E-state index contributed by atoms with van der Waals surface area (Å²) in [5.74, 6) is 1.13. The van der Waals surface area contributed by atoms with Crippen LogP contribution in [0.4, 0.5) is 11.4 Å². The summed E-state index contributed by atoms with van der Waals surface area (Å²) >= 11 is 0. The number of nitrogens with two attached hydrogens (primary N) is 1. The first-order chi connectivity index (χ1) is 9.22. The molecule has 100 valence electrons. The highest BCUT2D eigenvalue weighted by molar-refractivity contribution is 5.72. The molecule has 0 aliphatic rings. The summed E-state index contributed by atoms with van der Waals surface area (Å²) in [4.78, 5) is 0. The van der Waals surface area contributed by atoms with Gasteiger partial charge in [-0.05, 0) is 23.6 Å². The summed E-state index contributed by atoms with van der Waals surface area (Å²) in [5, 5.41) is 3.38. The van der Waals surface area contributed by atoms with Crippen molar-refractivity contribution in [2.45, 2.75) is 12.8 Å². The van der Waals surface area contributed by atoms with Crippen molar-refractivity contribution in [2.24, 2.45) is 0 Å². The number of methoxy groups -OCH3 is 1. The fourth-order valence-corrected chi connectivity index (χ4v) is 2.04. The molecular weight excluding hydrogens is 236 g/mol.